The van der Waals surface area contributed by atoms with Crippen LogP contribution in [0.15, 0.2) is 59.6 Å². The fourth-order valence-electron chi connectivity index (χ4n) is 4.04. The number of ether oxygens (including phenoxy) is 1. The molecule has 1 fully saturated rings. The molecule has 2 N–H and O–H groups in total. The summed E-state index contributed by atoms with van der Waals surface area (Å²) in [7, 11) is 1.08. The van der Waals surface area contributed by atoms with Gasteiger partial charge in [0.25, 0.3) is 0 Å². The number of aliphatic imine (C=N–C) groups is 1. The molecule has 0 heterocycles. The van der Waals surface area contributed by atoms with Gasteiger partial charge in [-0.05, 0) is 36.0 Å². The lowest BCUT2D eigenvalue weighted by Gasteiger charge is -2.30. The summed E-state index contributed by atoms with van der Waals surface area (Å²) >= 11 is 0. The standard InChI is InChI=1S/C25H35N3O2S/c1-3-31(29)24-15-9-14-23(16-24)28-25(26-2)27-17-21-12-7-8-13-22(21)19-30-18-20-10-5-4-6-11-20/h4-8,10-13,23-24H,3,9,14-19H2,1-2H3,(H2,26,27,28). The van der Waals surface area contributed by atoms with Crippen molar-refractivity contribution >= 4 is 16.8 Å². The SMILES string of the molecule is CCS(=O)C1CCCC(NC(=NC)NCc2ccccc2COCc2ccccc2)C1. The highest BCUT2D eigenvalue weighted by molar-refractivity contribution is 7.85. The normalized spacial score (nSPS) is 20.3. The van der Waals surface area contributed by atoms with Gasteiger partial charge in [-0.2, -0.15) is 0 Å². The van der Waals surface area contributed by atoms with E-state index in [1.165, 1.54) is 16.7 Å². The van der Waals surface area contributed by atoms with E-state index in [1.807, 2.05) is 31.2 Å². The Balaban J connectivity index is 1.50. The zero-order valence-electron chi connectivity index (χ0n) is 18.7. The first kappa shape index (κ1) is 23.5. The first-order valence-corrected chi connectivity index (χ1v) is 12.6. The van der Waals surface area contributed by atoms with Crippen LogP contribution in [0.3, 0.4) is 0 Å². The van der Waals surface area contributed by atoms with E-state index in [0.29, 0.717) is 31.1 Å². The van der Waals surface area contributed by atoms with E-state index >= 15 is 0 Å². The molecule has 0 amide bonds. The summed E-state index contributed by atoms with van der Waals surface area (Å²) in [6, 6.07) is 18.9. The highest BCUT2D eigenvalue weighted by Gasteiger charge is 2.26. The molecular weight excluding hydrogens is 406 g/mol. The molecule has 0 radical (unpaired) electrons. The van der Waals surface area contributed by atoms with Crippen molar-refractivity contribution in [3.05, 3.63) is 71.3 Å². The molecule has 3 atom stereocenters. The number of nitrogens with zero attached hydrogens (tertiary/aromatic N) is 1. The molecule has 5 nitrogen and oxygen atoms in total. The lowest BCUT2D eigenvalue weighted by molar-refractivity contribution is 0.106. The molecule has 1 aliphatic rings. The van der Waals surface area contributed by atoms with E-state index in [4.69, 9.17) is 4.74 Å². The Morgan fingerprint density at radius 2 is 1.81 bits per heavy atom. The van der Waals surface area contributed by atoms with Gasteiger partial charge in [-0.25, -0.2) is 0 Å². The Bertz CT molecular complexity index is 857. The van der Waals surface area contributed by atoms with Crippen LogP contribution in [0.5, 0.6) is 0 Å². The fraction of sp³-hybridized carbons (Fsp3) is 0.480. The minimum atomic E-state index is -0.719. The van der Waals surface area contributed by atoms with Crippen LogP contribution in [0, 0.1) is 0 Å². The van der Waals surface area contributed by atoms with Gasteiger partial charge in [-0.3, -0.25) is 9.20 Å². The van der Waals surface area contributed by atoms with Crippen LogP contribution in [0.2, 0.25) is 0 Å². The topological polar surface area (TPSA) is 62.7 Å². The first-order chi connectivity index (χ1) is 15.2. The molecule has 6 heteroatoms. The Morgan fingerprint density at radius 3 is 2.55 bits per heavy atom. The average Bonchev–Trinajstić information content (AvgIpc) is 2.82. The maximum absolute atomic E-state index is 12.2. The highest BCUT2D eigenvalue weighted by atomic mass is 32.2. The third kappa shape index (κ3) is 7.47. The van der Waals surface area contributed by atoms with E-state index in [0.717, 1.165) is 37.4 Å². The molecule has 0 saturated heterocycles. The van der Waals surface area contributed by atoms with Crippen LogP contribution >= 0.6 is 0 Å². The quantitative estimate of drug-likeness (QED) is 0.453. The Kier molecular flexibility index (Phi) is 9.56. The average molecular weight is 442 g/mol. The zero-order chi connectivity index (χ0) is 21.9. The first-order valence-electron chi connectivity index (χ1n) is 11.2. The third-order valence-corrected chi connectivity index (χ3v) is 7.52. The minimum Gasteiger partial charge on any atom is -0.372 e. The van der Waals surface area contributed by atoms with Crippen LogP contribution in [0.1, 0.15) is 49.3 Å². The molecule has 2 aromatic rings. The van der Waals surface area contributed by atoms with Gasteiger partial charge in [-0.15, -0.1) is 0 Å². The van der Waals surface area contributed by atoms with Crippen molar-refractivity contribution in [1.29, 1.82) is 0 Å². The Morgan fingerprint density at radius 1 is 1.06 bits per heavy atom. The second-order valence-corrected chi connectivity index (χ2v) is 9.98. The maximum atomic E-state index is 12.2. The molecule has 1 saturated carbocycles. The second kappa shape index (κ2) is 12.6. The predicted octanol–water partition coefficient (Wildman–Crippen LogP) is 4.15. The summed E-state index contributed by atoms with van der Waals surface area (Å²) in [5.74, 6) is 1.54. The largest absolute Gasteiger partial charge is 0.372 e. The van der Waals surface area contributed by atoms with E-state index in [-0.39, 0.29) is 0 Å². The van der Waals surface area contributed by atoms with Gasteiger partial charge in [0.05, 0.1) is 13.2 Å². The summed E-state index contributed by atoms with van der Waals surface area (Å²) < 4.78 is 18.2. The molecule has 0 bridgehead atoms. The number of hydrogen-bond donors (Lipinski definition) is 2. The van der Waals surface area contributed by atoms with E-state index < -0.39 is 10.8 Å². The number of benzene rings is 2. The van der Waals surface area contributed by atoms with Crippen molar-refractivity contribution < 1.29 is 8.95 Å². The molecule has 0 spiro atoms. The van der Waals surface area contributed by atoms with Crippen molar-refractivity contribution in [2.75, 3.05) is 12.8 Å². The third-order valence-electron chi connectivity index (χ3n) is 5.78. The molecule has 0 aromatic heterocycles. The summed E-state index contributed by atoms with van der Waals surface area (Å²) in [4.78, 5) is 4.41. The summed E-state index contributed by atoms with van der Waals surface area (Å²) in [6.45, 7) is 3.87. The molecule has 31 heavy (non-hydrogen) atoms. The second-order valence-electron chi connectivity index (χ2n) is 7.97. The lowest BCUT2D eigenvalue weighted by Crippen LogP contribution is -2.46. The highest BCUT2D eigenvalue weighted by Crippen LogP contribution is 2.23. The van der Waals surface area contributed by atoms with E-state index in [2.05, 4.69) is 46.0 Å². The molecule has 3 unspecified atom stereocenters. The number of guanidine groups is 1. The molecule has 0 aliphatic heterocycles. The van der Waals surface area contributed by atoms with Crippen LogP contribution in [0.4, 0.5) is 0 Å². The number of hydrogen-bond acceptors (Lipinski definition) is 3. The van der Waals surface area contributed by atoms with Gasteiger partial charge in [0, 0.05) is 41.4 Å². The summed E-state index contributed by atoms with van der Waals surface area (Å²) in [5, 5.41) is 7.29. The van der Waals surface area contributed by atoms with E-state index in [9.17, 15) is 4.21 Å². The molecule has 2 aromatic carbocycles. The van der Waals surface area contributed by atoms with Crippen LogP contribution in [-0.4, -0.2) is 34.3 Å². The van der Waals surface area contributed by atoms with Gasteiger partial charge in [0.1, 0.15) is 0 Å². The van der Waals surface area contributed by atoms with Crippen molar-refractivity contribution in [3.63, 3.8) is 0 Å². The Labute approximate surface area is 189 Å². The van der Waals surface area contributed by atoms with Gasteiger partial charge in [0.15, 0.2) is 5.96 Å². The molecule has 168 valence electrons. The van der Waals surface area contributed by atoms with Gasteiger partial charge >= 0.3 is 0 Å². The maximum Gasteiger partial charge on any atom is 0.191 e. The zero-order valence-corrected chi connectivity index (χ0v) is 19.5. The van der Waals surface area contributed by atoms with Crippen molar-refractivity contribution in [2.45, 2.75) is 63.7 Å². The number of rotatable bonds is 9. The lowest BCUT2D eigenvalue weighted by atomic mass is 9.95. The smallest absolute Gasteiger partial charge is 0.191 e. The van der Waals surface area contributed by atoms with Crippen LogP contribution in [-0.2, 0) is 35.3 Å². The fourth-order valence-corrected chi connectivity index (χ4v) is 5.39. The molecule has 3 rings (SSSR count). The van der Waals surface area contributed by atoms with Gasteiger partial charge in [0.2, 0.25) is 0 Å². The monoisotopic (exact) mass is 441 g/mol. The van der Waals surface area contributed by atoms with Crippen LogP contribution < -0.4 is 10.6 Å². The molecule has 1 aliphatic carbocycles. The van der Waals surface area contributed by atoms with Crippen LogP contribution in [0.25, 0.3) is 0 Å². The van der Waals surface area contributed by atoms with Gasteiger partial charge < -0.3 is 15.4 Å². The Hall–Kier alpha value is -2.18. The molecular formula is C25H35N3O2S. The number of nitrogens with one attached hydrogen (secondary N) is 2. The summed E-state index contributed by atoms with van der Waals surface area (Å²) in [5.41, 5.74) is 3.56. The van der Waals surface area contributed by atoms with Crippen molar-refractivity contribution in [2.24, 2.45) is 4.99 Å². The van der Waals surface area contributed by atoms with Gasteiger partial charge in [-0.1, -0.05) is 67.9 Å². The summed E-state index contributed by atoms with van der Waals surface area (Å²) in [6.07, 6.45) is 4.24. The predicted molar refractivity (Wildman–Crippen MR) is 129 cm³/mol. The minimum absolute atomic E-state index is 0.303. The van der Waals surface area contributed by atoms with Crippen molar-refractivity contribution in [1.82, 2.24) is 10.6 Å². The van der Waals surface area contributed by atoms with E-state index in [1.54, 1.807) is 7.05 Å². The van der Waals surface area contributed by atoms with Crippen molar-refractivity contribution in [3.8, 4) is 0 Å².